The molecule has 0 N–H and O–H groups in total. The van der Waals surface area contributed by atoms with Gasteiger partial charge in [0.25, 0.3) is 5.89 Å². The van der Waals surface area contributed by atoms with Gasteiger partial charge < -0.3 is 9.26 Å². The van der Waals surface area contributed by atoms with Crippen molar-refractivity contribution in [2.45, 2.75) is 6.61 Å². The number of rotatable bonds is 4. The number of carbonyl (C=O) groups excluding carboxylic acids is 1. The van der Waals surface area contributed by atoms with Crippen molar-refractivity contribution in [3.05, 3.63) is 64.6 Å². The normalized spacial score (nSPS) is 11.0. The van der Waals surface area contributed by atoms with E-state index in [-0.39, 0.29) is 18.2 Å². The summed E-state index contributed by atoms with van der Waals surface area (Å²) in [6.07, 6.45) is 0. The lowest BCUT2D eigenvalue weighted by Gasteiger charge is -1.99. The van der Waals surface area contributed by atoms with E-state index in [1.54, 1.807) is 11.7 Å². The highest BCUT2D eigenvalue weighted by molar-refractivity contribution is 9.10. The maximum atomic E-state index is 12.4. The molecule has 0 aliphatic heterocycles. The summed E-state index contributed by atoms with van der Waals surface area (Å²) in [4.78, 5) is 16.6. The Morgan fingerprint density at radius 3 is 2.77 bits per heavy atom. The fraction of sp³-hybridized carbons (Fsp3) is 0.111. The number of benzene rings is 2. The molecule has 7 nitrogen and oxygen atoms in total. The number of hydrogen-bond acceptors (Lipinski definition) is 6. The Morgan fingerprint density at radius 1 is 1.19 bits per heavy atom. The van der Waals surface area contributed by atoms with Gasteiger partial charge in [0.05, 0.1) is 5.52 Å². The predicted octanol–water partition coefficient (Wildman–Crippen LogP) is 3.74. The van der Waals surface area contributed by atoms with Gasteiger partial charge in [-0.3, -0.25) is 4.68 Å². The molecule has 8 heteroatoms. The first-order valence-electron chi connectivity index (χ1n) is 7.79. The lowest BCUT2D eigenvalue weighted by Crippen LogP contribution is -2.07. The van der Waals surface area contributed by atoms with Crippen LogP contribution in [0.5, 0.6) is 0 Å². The van der Waals surface area contributed by atoms with Gasteiger partial charge in [-0.25, -0.2) is 4.79 Å². The SMILES string of the molecule is Cn1nc(C(=O)OCc2nc(-c3ccc(Br)cc3)no2)c2ccccc21. The Labute approximate surface area is 156 Å². The van der Waals surface area contributed by atoms with Crippen molar-refractivity contribution >= 4 is 32.8 Å². The van der Waals surface area contributed by atoms with Crippen molar-refractivity contribution in [3.8, 4) is 11.4 Å². The zero-order chi connectivity index (χ0) is 18.1. The number of ether oxygens (including phenoxy) is 1. The van der Waals surface area contributed by atoms with E-state index in [1.165, 1.54) is 0 Å². The molecule has 4 rings (SSSR count). The van der Waals surface area contributed by atoms with Gasteiger partial charge in [-0.2, -0.15) is 10.1 Å². The van der Waals surface area contributed by atoms with Crippen LogP contribution in [0.3, 0.4) is 0 Å². The quantitative estimate of drug-likeness (QED) is 0.474. The fourth-order valence-corrected chi connectivity index (χ4v) is 2.85. The van der Waals surface area contributed by atoms with E-state index >= 15 is 0 Å². The van der Waals surface area contributed by atoms with Gasteiger partial charge in [0.15, 0.2) is 12.3 Å². The molecule has 0 saturated carbocycles. The summed E-state index contributed by atoms with van der Waals surface area (Å²) < 4.78 is 13.0. The molecule has 0 bridgehead atoms. The third-order valence-electron chi connectivity index (χ3n) is 3.85. The largest absolute Gasteiger partial charge is 0.451 e. The summed E-state index contributed by atoms with van der Waals surface area (Å²) in [5.41, 5.74) is 1.93. The van der Waals surface area contributed by atoms with E-state index in [0.29, 0.717) is 5.82 Å². The number of carbonyl (C=O) groups is 1. The van der Waals surface area contributed by atoms with Crippen LogP contribution in [0.25, 0.3) is 22.3 Å². The lowest BCUT2D eigenvalue weighted by atomic mass is 10.2. The lowest BCUT2D eigenvalue weighted by molar-refractivity contribution is 0.0424. The van der Waals surface area contributed by atoms with Crippen LogP contribution in [0.4, 0.5) is 0 Å². The fourth-order valence-electron chi connectivity index (χ4n) is 2.59. The molecular formula is C18H13BrN4O3. The van der Waals surface area contributed by atoms with E-state index in [2.05, 4.69) is 31.2 Å². The smallest absolute Gasteiger partial charge is 0.360 e. The van der Waals surface area contributed by atoms with Crippen molar-refractivity contribution in [2.24, 2.45) is 7.05 Å². The number of aromatic nitrogens is 4. The third-order valence-corrected chi connectivity index (χ3v) is 4.38. The minimum Gasteiger partial charge on any atom is -0.451 e. The first-order valence-corrected chi connectivity index (χ1v) is 8.58. The molecule has 0 spiro atoms. The van der Waals surface area contributed by atoms with E-state index in [4.69, 9.17) is 9.26 Å². The average Bonchev–Trinajstić information content (AvgIpc) is 3.26. The zero-order valence-electron chi connectivity index (χ0n) is 13.7. The molecule has 0 amide bonds. The van der Waals surface area contributed by atoms with Crippen LogP contribution in [0.2, 0.25) is 0 Å². The van der Waals surface area contributed by atoms with Crippen LogP contribution in [-0.4, -0.2) is 25.9 Å². The summed E-state index contributed by atoms with van der Waals surface area (Å²) in [6.45, 7) is -0.118. The number of para-hydroxylation sites is 1. The van der Waals surface area contributed by atoms with Gasteiger partial charge in [0.2, 0.25) is 5.82 Å². The molecule has 0 unspecified atom stereocenters. The Bertz CT molecular complexity index is 1090. The zero-order valence-corrected chi connectivity index (χ0v) is 15.3. The summed E-state index contributed by atoms with van der Waals surface area (Å²) in [6, 6.07) is 15.0. The molecule has 0 fully saturated rings. The number of nitrogens with zero attached hydrogens (tertiary/aromatic N) is 4. The summed E-state index contributed by atoms with van der Waals surface area (Å²) in [5, 5.41) is 8.88. The Hall–Kier alpha value is -3.00. The molecule has 2 aromatic heterocycles. The standard InChI is InChI=1S/C18H13BrN4O3/c1-23-14-5-3-2-4-13(14)16(21-23)18(24)25-10-15-20-17(22-26-15)11-6-8-12(19)9-7-11/h2-9H,10H2,1H3. The molecule has 0 saturated heterocycles. The van der Waals surface area contributed by atoms with Gasteiger partial charge in [-0.1, -0.05) is 39.3 Å². The van der Waals surface area contributed by atoms with E-state index < -0.39 is 5.97 Å². The topological polar surface area (TPSA) is 83.0 Å². The first-order chi connectivity index (χ1) is 12.6. The number of halogens is 1. The van der Waals surface area contributed by atoms with Gasteiger partial charge in [-0.05, 0) is 30.3 Å². The number of aryl methyl sites for hydroxylation is 1. The van der Waals surface area contributed by atoms with E-state index in [1.807, 2.05) is 48.5 Å². The van der Waals surface area contributed by atoms with Gasteiger partial charge in [0.1, 0.15) is 0 Å². The summed E-state index contributed by atoms with van der Waals surface area (Å²) >= 11 is 3.38. The van der Waals surface area contributed by atoms with Crippen LogP contribution in [0, 0.1) is 0 Å². The highest BCUT2D eigenvalue weighted by Crippen LogP contribution is 2.20. The molecule has 2 heterocycles. The van der Waals surface area contributed by atoms with Crippen molar-refractivity contribution < 1.29 is 14.1 Å². The van der Waals surface area contributed by atoms with Crippen molar-refractivity contribution in [1.82, 2.24) is 19.9 Å². The highest BCUT2D eigenvalue weighted by Gasteiger charge is 2.18. The number of hydrogen-bond donors (Lipinski definition) is 0. The van der Waals surface area contributed by atoms with Crippen LogP contribution >= 0.6 is 15.9 Å². The van der Waals surface area contributed by atoms with Crippen LogP contribution in [0.1, 0.15) is 16.4 Å². The highest BCUT2D eigenvalue weighted by atomic mass is 79.9. The molecule has 4 aromatic rings. The van der Waals surface area contributed by atoms with E-state index in [0.717, 1.165) is 20.9 Å². The van der Waals surface area contributed by atoms with Crippen LogP contribution in [0.15, 0.2) is 57.5 Å². The summed E-state index contributed by atoms with van der Waals surface area (Å²) in [7, 11) is 1.78. The maximum Gasteiger partial charge on any atom is 0.360 e. The Morgan fingerprint density at radius 2 is 1.96 bits per heavy atom. The third kappa shape index (κ3) is 3.11. The second-order valence-electron chi connectivity index (χ2n) is 5.58. The molecule has 0 radical (unpaired) electrons. The van der Waals surface area contributed by atoms with Gasteiger partial charge in [-0.15, -0.1) is 0 Å². The minimum atomic E-state index is -0.537. The predicted molar refractivity (Wildman–Crippen MR) is 97.3 cm³/mol. The Balaban J connectivity index is 1.49. The van der Waals surface area contributed by atoms with Crippen molar-refractivity contribution in [3.63, 3.8) is 0 Å². The molecular weight excluding hydrogens is 400 g/mol. The molecule has 0 atom stereocenters. The Kier molecular flexibility index (Phi) is 4.26. The molecule has 0 aliphatic carbocycles. The summed E-state index contributed by atoms with van der Waals surface area (Å²) in [5.74, 6) is 0.119. The molecule has 26 heavy (non-hydrogen) atoms. The minimum absolute atomic E-state index is 0.118. The second-order valence-corrected chi connectivity index (χ2v) is 6.50. The average molecular weight is 413 g/mol. The van der Waals surface area contributed by atoms with Crippen LogP contribution in [-0.2, 0) is 18.4 Å². The van der Waals surface area contributed by atoms with Crippen LogP contribution < -0.4 is 0 Å². The second kappa shape index (κ2) is 6.72. The maximum absolute atomic E-state index is 12.4. The number of fused-ring (bicyclic) bond motifs is 1. The van der Waals surface area contributed by atoms with Crippen molar-refractivity contribution in [2.75, 3.05) is 0 Å². The first kappa shape index (κ1) is 16.5. The van der Waals surface area contributed by atoms with Gasteiger partial charge >= 0.3 is 5.97 Å². The number of esters is 1. The van der Waals surface area contributed by atoms with Crippen molar-refractivity contribution in [1.29, 1.82) is 0 Å². The molecule has 130 valence electrons. The monoisotopic (exact) mass is 412 g/mol. The molecule has 0 aliphatic rings. The van der Waals surface area contributed by atoms with Gasteiger partial charge in [0, 0.05) is 22.5 Å². The van der Waals surface area contributed by atoms with E-state index in [9.17, 15) is 4.79 Å². The molecule has 2 aromatic carbocycles.